The lowest BCUT2D eigenvalue weighted by Crippen LogP contribution is -2.35. The molecule has 0 radical (unpaired) electrons. The predicted octanol–water partition coefficient (Wildman–Crippen LogP) is 3.15. The standard InChI is InChI=1S/C16H20FNO2/c17-14-8-4-7-13(11-14)15(9-10-19)18-16(20)12-5-2-1-3-6-12/h4,7-8,10-12,15H,1-3,5-6,9H2,(H,18,20)/t15-/m0/s1. The van der Waals surface area contributed by atoms with Crippen molar-refractivity contribution in [1.29, 1.82) is 0 Å². The van der Waals surface area contributed by atoms with Gasteiger partial charge in [-0.1, -0.05) is 31.4 Å². The fraction of sp³-hybridized carbons (Fsp3) is 0.500. The van der Waals surface area contributed by atoms with Crippen molar-refractivity contribution in [2.75, 3.05) is 0 Å². The van der Waals surface area contributed by atoms with Crippen molar-refractivity contribution >= 4 is 12.2 Å². The van der Waals surface area contributed by atoms with Crippen molar-refractivity contribution in [3.8, 4) is 0 Å². The summed E-state index contributed by atoms with van der Waals surface area (Å²) in [5.74, 6) is -0.336. The minimum Gasteiger partial charge on any atom is -0.349 e. The summed E-state index contributed by atoms with van der Waals surface area (Å²) in [5, 5.41) is 2.89. The number of carbonyl (C=O) groups excluding carboxylic acids is 2. The second-order valence-electron chi connectivity index (χ2n) is 5.35. The molecule has 1 N–H and O–H groups in total. The molecule has 1 atom stereocenters. The van der Waals surface area contributed by atoms with Gasteiger partial charge in [-0.25, -0.2) is 4.39 Å². The van der Waals surface area contributed by atoms with Crippen LogP contribution in [-0.4, -0.2) is 12.2 Å². The first kappa shape index (κ1) is 14.7. The molecule has 3 nitrogen and oxygen atoms in total. The van der Waals surface area contributed by atoms with Crippen molar-refractivity contribution < 1.29 is 14.0 Å². The monoisotopic (exact) mass is 277 g/mol. The van der Waals surface area contributed by atoms with E-state index in [9.17, 15) is 14.0 Å². The number of hydrogen-bond donors (Lipinski definition) is 1. The number of nitrogens with one attached hydrogen (secondary N) is 1. The van der Waals surface area contributed by atoms with Gasteiger partial charge in [-0.05, 0) is 30.5 Å². The molecule has 0 spiro atoms. The number of halogens is 1. The van der Waals surface area contributed by atoms with Gasteiger partial charge in [0.2, 0.25) is 5.91 Å². The Morgan fingerprint density at radius 1 is 1.35 bits per heavy atom. The average molecular weight is 277 g/mol. The molecule has 20 heavy (non-hydrogen) atoms. The van der Waals surface area contributed by atoms with E-state index in [-0.39, 0.29) is 24.1 Å². The van der Waals surface area contributed by atoms with Crippen LogP contribution in [0.15, 0.2) is 24.3 Å². The molecule has 1 aliphatic carbocycles. The normalized spacial score (nSPS) is 17.4. The molecule has 0 saturated heterocycles. The van der Waals surface area contributed by atoms with Gasteiger partial charge in [0.05, 0.1) is 6.04 Å². The highest BCUT2D eigenvalue weighted by Crippen LogP contribution is 2.25. The van der Waals surface area contributed by atoms with Gasteiger partial charge in [0.15, 0.2) is 0 Å². The van der Waals surface area contributed by atoms with Crippen molar-refractivity contribution in [3.63, 3.8) is 0 Å². The van der Waals surface area contributed by atoms with Crippen LogP contribution in [0, 0.1) is 11.7 Å². The first-order valence-corrected chi connectivity index (χ1v) is 7.20. The van der Waals surface area contributed by atoms with Gasteiger partial charge >= 0.3 is 0 Å². The molecule has 1 aromatic rings. The number of hydrogen-bond acceptors (Lipinski definition) is 2. The SMILES string of the molecule is O=CC[C@H](NC(=O)C1CCCCC1)c1cccc(F)c1. The molecule has 0 aromatic heterocycles. The van der Waals surface area contributed by atoms with Crippen LogP contribution in [-0.2, 0) is 9.59 Å². The van der Waals surface area contributed by atoms with Crippen molar-refractivity contribution in [3.05, 3.63) is 35.6 Å². The first-order chi connectivity index (χ1) is 9.70. The van der Waals surface area contributed by atoms with Crippen LogP contribution in [0.5, 0.6) is 0 Å². The fourth-order valence-corrected chi connectivity index (χ4v) is 2.75. The Kier molecular flexibility index (Phi) is 5.27. The molecular formula is C16H20FNO2. The Morgan fingerprint density at radius 2 is 2.10 bits per heavy atom. The largest absolute Gasteiger partial charge is 0.349 e. The summed E-state index contributed by atoms with van der Waals surface area (Å²) in [6.45, 7) is 0. The lowest BCUT2D eigenvalue weighted by atomic mass is 9.88. The molecule has 108 valence electrons. The molecule has 1 fully saturated rings. The quantitative estimate of drug-likeness (QED) is 0.840. The fourth-order valence-electron chi connectivity index (χ4n) is 2.75. The van der Waals surface area contributed by atoms with Gasteiger partial charge < -0.3 is 10.1 Å². The molecular weight excluding hydrogens is 257 g/mol. The van der Waals surface area contributed by atoms with Gasteiger partial charge in [0.25, 0.3) is 0 Å². The zero-order valence-electron chi connectivity index (χ0n) is 11.5. The first-order valence-electron chi connectivity index (χ1n) is 7.20. The number of amides is 1. The van der Waals surface area contributed by atoms with Gasteiger partial charge in [0.1, 0.15) is 12.1 Å². The minimum atomic E-state index is -0.433. The number of aldehydes is 1. The van der Waals surface area contributed by atoms with E-state index in [0.717, 1.165) is 32.0 Å². The van der Waals surface area contributed by atoms with Gasteiger partial charge in [0, 0.05) is 12.3 Å². The molecule has 0 heterocycles. The Hall–Kier alpha value is -1.71. The summed E-state index contributed by atoms with van der Waals surface area (Å²) < 4.78 is 13.3. The van der Waals surface area contributed by atoms with Gasteiger partial charge in [-0.2, -0.15) is 0 Å². The molecule has 1 saturated carbocycles. The van der Waals surface area contributed by atoms with Crippen LogP contribution >= 0.6 is 0 Å². The highest BCUT2D eigenvalue weighted by molar-refractivity contribution is 5.79. The zero-order chi connectivity index (χ0) is 14.4. The predicted molar refractivity (Wildman–Crippen MR) is 74.5 cm³/mol. The van der Waals surface area contributed by atoms with E-state index in [0.29, 0.717) is 5.56 Å². The van der Waals surface area contributed by atoms with E-state index in [1.807, 2.05) is 0 Å². The lowest BCUT2D eigenvalue weighted by molar-refractivity contribution is -0.126. The summed E-state index contributed by atoms with van der Waals surface area (Å²) >= 11 is 0. The molecule has 4 heteroatoms. The molecule has 1 aliphatic rings. The minimum absolute atomic E-state index is 0.0131. The van der Waals surface area contributed by atoms with Crippen molar-refractivity contribution in [2.24, 2.45) is 5.92 Å². The molecule has 0 bridgehead atoms. The van der Waals surface area contributed by atoms with E-state index in [2.05, 4.69) is 5.32 Å². The lowest BCUT2D eigenvalue weighted by Gasteiger charge is -2.24. The second kappa shape index (κ2) is 7.17. The summed E-state index contributed by atoms with van der Waals surface area (Å²) in [6.07, 6.45) is 6.09. The maximum Gasteiger partial charge on any atom is 0.223 e. The average Bonchev–Trinajstić information content (AvgIpc) is 2.47. The Labute approximate surface area is 118 Å². The Balaban J connectivity index is 2.04. The maximum absolute atomic E-state index is 13.3. The maximum atomic E-state index is 13.3. The molecule has 0 unspecified atom stereocenters. The number of benzene rings is 1. The highest BCUT2D eigenvalue weighted by Gasteiger charge is 2.24. The summed E-state index contributed by atoms with van der Waals surface area (Å²) in [6, 6.07) is 5.62. The Morgan fingerprint density at radius 3 is 2.75 bits per heavy atom. The number of rotatable bonds is 5. The van der Waals surface area contributed by atoms with Gasteiger partial charge in [-0.15, -0.1) is 0 Å². The van der Waals surface area contributed by atoms with Crippen LogP contribution in [0.4, 0.5) is 4.39 Å². The molecule has 2 rings (SSSR count). The van der Waals surface area contributed by atoms with Gasteiger partial charge in [-0.3, -0.25) is 4.79 Å². The third kappa shape index (κ3) is 3.89. The van der Waals surface area contributed by atoms with Crippen molar-refractivity contribution in [1.82, 2.24) is 5.32 Å². The smallest absolute Gasteiger partial charge is 0.223 e. The van der Waals surface area contributed by atoms with E-state index in [1.54, 1.807) is 12.1 Å². The van der Waals surface area contributed by atoms with E-state index < -0.39 is 6.04 Å². The van der Waals surface area contributed by atoms with Crippen LogP contribution < -0.4 is 5.32 Å². The third-order valence-electron chi connectivity index (χ3n) is 3.88. The summed E-state index contributed by atoms with van der Waals surface area (Å²) in [5.41, 5.74) is 0.640. The summed E-state index contributed by atoms with van der Waals surface area (Å²) in [7, 11) is 0. The van der Waals surface area contributed by atoms with Crippen LogP contribution in [0.1, 0.15) is 50.1 Å². The molecule has 1 amide bonds. The number of carbonyl (C=O) groups is 2. The van der Waals surface area contributed by atoms with E-state index >= 15 is 0 Å². The zero-order valence-corrected chi connectivity index (χ0v) is 11.5. The molecule has 0 aliphatic heterocycles. The van der Waals surface area contributed by atoms with Crippen LogP contribution in [0.3, 0.4) is 0 Å². The van der Waals surface area contributed by atoms with E-state index in [1.165, 1.54) is 18.6 Å². The second-order valence-corrected chi connectivity index (χ2v) is 5.35. The van der Waals surface area contributed by atoms with Crippen LogP contribution in [0.25, 0.3) is 0 Å². The topological polar surface area (TPSA) is 46.2 Å². The Bertz CT molecular complexity index is 469. The summed E-state index contributed by atoms with van der Waals surface area (Å²) in [4.78, 5) is 23.0. The third-order valence-corrected chi connectivity index (χ3v) is 3.88. The van der Waals surface area contributed by atoms with Crippen molar-refractivity contribution in [2.45, 2.75) is 44.6 Å². The highest BCUT2D eigenvalue weighted by atomic mass is 19.1. The van der Waals surface area contributed by atoms with E-state index in [4.69, 9.17) is 0 Å². The van der Waals surface area contributed by atoms with Crippen LogP contribution in [0.2, 0.25) is 0 Å². The molecule has 1 aromatic carbocycles.